The number of H-pyrrole nitrogens is 1. The molecule has 0 bridgehead atoms. The number of fused-ring (bicyclic) bond motifs is 3. The number of hydrogen-bond donors (Lipinski definition) is 3. The molecule has 0 aliphatic heterocycles. The lowest BCUT2D eigenvalue weighted by molar-refractivity contribution is 0.315. The van der Waals surface area contributed by atoms with E-state index in [-0.39, 0.29) is 11.8 Å². The highest BCUT2D eigenvalue weighted by atomic mass is 35.5. The zero-order valence-electron chi connectivity index (χ0n) is 9.78. The fourth-order valence-corrected chi connectivity index (χ4v) is 2.97. The Morgan fingerprint density at radius 1 is 1.50 bits per heavy atom. The van der Waals surface area contributed by atoms with Gasteiger partial charge < -0.3 is 15.9 Å². The summed E-state index contributed by atoms with van der Waals surface area (Å²) in [6, 6.07) is 5.81. The molecule has 0 saturated carbocycles. The van der Waals surface area contributed by atoms with Gasteiger partial charge in [-0.05, 0) is 43.0 Å². The first-order chi connectivity index (χ1) is 8.70. The fourth-order valence-electron chi connectivity index (χ4n) is 2.80. The van der Waals surface area contributed by atoms with E-state index in [2.05, 4.69) is 10.1 Å². The van der Waals surface area contributed by atoms with Crippen molar-refractivity contribution in [2.75, 3.05) is 0 Å². The van der Waals surface area contributed by atoms with Crippen molar-refractivity contribution < 1.29 is 5.21 Å². The van der Waals surface area contributed by atoms with Gasteiger partial charge in [0.15, 0.2) is 0 Å². The molecule has 4 nitrogen and oxygen atoms in total. The van der Waals surface area contributed by atoms with Crippen LogP contribution in [0.25, 0.3) is 10.9 Å². The first-order valence-corrected chi connectivity index (χ1v) is 6.36. The third kappa shape index (κ3) is 1.64. The summed E-state index contributed by atoms with van der Waals surface area (Å²) in [4.78, 5) is 3.38. The van der Waals surface area contributed by atoms with Crippen LogP contribution in [0.4, 0.5) is 0 Å². The van der Waals surface area contributed by atoms with E-state index < -0.39 is 0 Å². The Kier molecular flexibility index (Phi) is 2.67. The van der Waals surface area contributed by atoms with Crippen LogP contribution >= 0.6 is 11.6 Å². The van der Waals surface area contributed by atoms with E-state index in [1.165, 1.54) is 5.56 Å². The topological polar surface area (TPSA) is 74.4 Å². The third-order valence-corrected chi connectivity index (χ3v) is 3.88. The van der Waals surface area contributed by atoms with Crippen molar-refractivity contribution in [1.29, 1.82) is 0 Å². The van der Waals surface area contributed by atoms with E-state index in [0.717, 1.165) is 40.9 Å². The Balaban J connectivity index is 2.21. The van der Waals surface area contributed by atoms with E-state index in [9.17, 15) is 0 Å². The number of nitrogens with one attached hydrogen (secondary N) is 1. The predicted octanol–water partition coefficient (Wildman–Crippen LogP) is 2.99. The maximum atomic E-state index is 8.86. The number of aryl methyl sites for hydroxylation is 1. The molecule has 18 heavy (non-hydrogen) atoms. The summed E-state index contributed by atoms with van der Waals surface area (Å²) >= 11 is 6.04. The van der Waals surface area contributed by atoms with Gasteiger partial charge in [-0.1, -0.05) is 16.8 Å². The Morgan fingerprint density at radius 2 is 2.33 bits per heavy atom. The van der Waals surface area contributed by atoms with Crippen LogP contribution in [0, 0.1) is 0 Å². The summed E-state index contributed by atoms with van der Waals surface area (Å²) in [6.45, 7) is 0. The van der Waals surface area contributed by atoms with Gasteiger partial charge in [0.05, 0.1) is 5.92 Å². The summed E-state index contributed by atoms with van der Waals surface area (Å²) < 4.78 is 0. The molecule has 1 aliphatic rings. The van der Waals surface area contributed by atoms with Crippen molar-refractivity contribution in [3.05, 3.63) is 34.5 Å². The third-order valence-electron chi connectivity index (χ3n) is 3.64. The largest absolute Gasteiger partial charge is 0.409 e. The first kappa shape index (κ1) is 11.4. The van der Waals surface area contributed by atoms with Crippen LogP contribution in [0.15, 0.2) is 23.4 Å². The van der Waals surface area contributed by atoms with Crippen LogP contribution in [-0.4, -0.2) is 16.0 Å². The van der Waals surface area contributed by atoms with Crippen LogP contribution in [0.5, 0.6) is 0 Å². The lowest BCUT2D eigenvalue weighted by Gasteiger charge is -2.21. The van der Waals surface area contributed by atoms with Crippen molar-refractivity contribution >= 4 is 28.3 Å². The molecule has 0 fully saturated rings. The normalized spacial score (nSPS) is 20.1. The lowest BCUT2D eigenvalue weighted by atomic mass is 9.86. The Bertz CT molecular complexity index is 632. The number of oxime groups is 1. The second-order valence-corrected chi connectivity index (χ2v) is 5.11. The highest BCUT2D eigenvalue weighted by Crippen LogP contribution is 2.36. The van der Waals surface area contributed by atoms with E-state index in [1.54, 1.807) is 0 Å². The van der Waals surface area contributed by atoms with Crippen molar-refractivity contribution in [3.8, 4) is 0 Å². The molecular weight excluding hydrogens is 250 g/mol. The molecule has 1 aromatic heterocycles. The molecule has 0 amide bonds. The summed E-state index contributed by atoms with van der Waals surface area (Å²) in [6.07, 6.45) is 2.95. The van der Waals surface area contributed by atoms with Gasteiger partial charge in [0.2, 0.25) is 0 Å². The molecule has 1 atom stereocenters. The fraction of sp³-hybridized carbons (Fsp3) is 0.308. The van der Waals surface area contributed by atoms with E-state index in [1.807, 2.05) is 18.2 Å². The molecular formula is C13H14ClN3O. The van der Waals surface area contributed by atoms with Gasteiger partial charge >= 0.3 is 0 Å². The second-order valence-electron chi connectivity index (χ2n) is 4.68. The number of benzene rings is 1. The molecule has 1 heterocycles. The van der Waals surface area contributed by atoms with E-state index >= 15 is 0 Å². The lowest BCUT2D eigenvalue weighted by Crippen LogP contribution is -2.25. The quantitative estimate of drug-likeness (QED) is 0.320. The molecule has 94 valence electrons. The number of nitrogens with zero attached hydrogens (tertiary/aromatic N) is 1. The highest BCUT2D eigenvalue weighted by molar-refractivity contribution is 6.31. The minimum Gasteiger partial charge on any atom is -0.409 e. The van der Waals surface area contributed by atoms with Crippen LogP contribution in [-0.2, 0) is 6.42 Å². The second kappa shape index (κ2) is 4.21. The Labute approximate surface area is 109 Å². The van der Waals surface area contributed by atoms with Crippen LogP contribution < -0.4 is 5.73 Å². The number of halogens is 1. The molecule has 1 unspecified atom stereocenters. The minimum atomic E-state index is -0.0232. The number of aromatic amines is 1. The van der Waals surface area contributed by atoms with Crippen LogP contribution in [0.1, 0.15) is 30.0 Å². The maximum Gasteiger partial charge on any atom is 0.148 e. The molecule has 5 heteroatoms. The smallest absolute Gasteiger partial charge is 0.148 e. The van der Waals surface area contributed by atoms with Gasteiger partial charge in [-0.3, -0.25) is 0 Å². The van der Waals surface area contributed by atoms with E-state index in [0.29, 0.717) is 0 Å². The van der Waals surface area contributed by atoms with Gasteiger partial charge in [-0.25, -0.2) is 0 Å². The number of nitrogens with two attached hydrogens (primary N) is 1. The van der Waals surface area contributed by atoms with Gasteiger partial charge in [-0.2, -0.15) is 0 Å². The minimum absolute atomic E-state index is 0.0232. The van der Waals surface area contributed by atoms with Crippen LogP contribution in [0.3, 0.4) is 0 Å². The van der Waals surface area contributed by atoms with E-state index in [4.69, 9.17) is 22.5 Å². The zero-order chi connectivity index (χ0) is 12.7. The summed E-state index contributed by atoms with van der Waals surface area (Å²) in [5, 5.41) is 13.9. The molecule has 2 aromatic rings. The zero-order valence-corrected chi connectivity index (χ0v) is 10.5. The molecule has 0 radical (unpaired) electrons. The number of amidine groups is 1. The number of aromatic nitrogens is 1. The Hall–Kier alpha value is -1.68. The number of hydrogen-bond acceptors (Lipinski definition) is 2. The maximum absolute atomic E-state index is 8.86. The summed E-state index contributed by atoms with van der Waals surface area (Å²) in [7, 11) is 0. The van der Waals surface area contributed by atoms with Gasteiger partial charge in [0, 0.05) is 21.6 Å². The average Bonchev–Trinajstić information content (AvgIpc) is 2.75. The summed E-state index contributed by atoms with van der Waals surface area (Å²) in [5.41, 5.74) is 9.14. The molecule has 0 saturated heterocycles. The van der Waals surface area contributed by atoms with Crippen LogP contribution in [0.2, 0.25) is 5.02 Å². The molecule has 0 spiro atoms. The standard InChI is InChI=1S/C13H14ClN3O/c14-7-4-5-11-10(6-7)8-2-1-3-9(12(8)16-11)13(15)17-18/h4-6,9,16,18H,1-3H2,(H2,15,17). The molecule has 1 aromatic carbocycles. The average molecular weight is 264 g/mol. The SMILES string of the molecule is NC(=NO)C1CCCc2c1[nH]c1ccc(Cl)cc21. The molecule has 1 aliphatic carbocycles. The molecule has 3 rings (SSSR count). The van der Waals surface area contributed by atoms with Crippen molar-refractivity contribution in [2.24, 2.45) is 10.9 Å². The van der Waals surface area contributed by atoms with Gasteiger partial charge in [0.1, 0.15) is 5.84 Å². The van der Waals surface area contributed by atoms with Gasteiger partial charge in [-0.15, -0.1) is 0 Å². The monoisotopic (exact) mass is 263 g/mol. The van der Waals surface area contributed by atoms with Crippen molar-refractivity contribution in [1.82, 2.24) is 4.98 Å². The highest BCUT2D eigenvalue weighted by Gasteiger charge is 2.27. The van der Waals surface area contributed by atoms with Crippen molar-refractivity contribution in [3.63, 3.8) is 0 Å². The first-order valence-electron chi connectivity index (χ1n) is 5.98. The van der Waals surface area contributed by atoms with Gasteiger partial charge in [0.25, 0.3) is 0 Å². The van der Waals surface area contributed by atoms with Crippen molar-refractivity contribution in [2.45, 2.75) is 25.2 Å². The molecule has 4 N–H and O–H groups in total. The predicted molar refractivity (Wildman–Crippen MR) is 72.4 cm³/mol. The summed E-state index contributed by atoms with van der Waals surface area (Å²) in [5.74, 6) is 0.249. The Morgan fingerprint density at radius 3 is 3.11 bits per heavy atom. The number of rotatable bonds is 1.